The van der Waals surface area contributed by atoms with E-state index in [0.29, 0.717) is 0 Å². The molecule has 7 heavy (non-hydrogen) atoms. The Kier molecular flexibility index (Phi) is 2.92. The maximum atomic E-state index is 8.35. The van der Waals surface area contributed by atoms with Crippen molar-refractivity contribution in [3.8, 4) is 0 Å². The third-order valence-corrected chi connectivity index (χ3v) is 2.22. The van der Waals surface area contributed by atoms with Crippen molar-refractivity contribution in [2.45, 2.75) is 6.92 Å². The molecule has 0 aromatic carbocycles. The summed E-state index contributed by atoms with van der Waals surface area (Å²) in [5, 5.41) is 8.35. The van der Waals surface area contributed by atoms with Gasteiger partial charge >= 0.3 is 0 Å². The normalized spacial score (nSPS) is 12.9. The topological polar surface area (TPSA) is 20.2 Å². The third-order valence-electron chi connectivity index (χ3n) is 0.826. The molecule has 0 aliphatic heterocycles. The number of hydrogen-bond acceptors (Lipinski definition) is 1. The van der Waals surface area contributed by atoms with Crippen LogP contribution in [0.25, 0.3) is 0 Å². The summed E-state index contributed by atoms with van der Waals surface area (Å²) in [7, 11) is 0.251. The van der Waals surface area contributed by atoms with Gasteiger partial charge in [-0.1, -0.05) is 0 Å². The van der Waals surface area contributed by atoms with Gasteiger partial charge in [0.1, 0.15) is 18.8 Å². The Balaban J connectivity index is 3.56. The van der Waals surface area contributed by atoms with Crippen molar-refractivity contribution in [3.05, 3.63) is 11.2 Å². The van der Waals surface area contributed by atoms with Crippen LogP contribution < -0.4 is 0 Å². The Bertz CT molecular complexity index is 76.1. The highest BCUT2D eigenvalue weighted by atomic mass is 32.2. The highest BCUT2D eigenvalue weighted by molar-refractivity contribution is 7.99. The number of hydrogen-bond donors (Lipinski definition) is 1. The van der Waals surface area contributed by atoms with Gasteiger partial charge in [-0.15, -0.1) is 0 Å². The summed E-state index contributed by atoms with van der Waals surface area (Å²) in [4.78, 5) is 1.06. The summed E-state index contributed by atoms with van der Waals surface area (Å²) in [6, 6.07) is 0. The number of aliphatic hydroxyl groups is 1. The van der Waals surface area contributed by atoms with Crippen LogP contribution in [-0.2, 0) is 10.9 Å². The van der Waals surface area contributed by atoms with Gasteiger partial charge < -0.3 is 5.11 Å². The fourth-order valence-corrected chi connectivity index (χ4v) is 0.316. The zero-order chi connectivity index (χ0) is 5.86. The van der Waals surface area contributed by atoms with Gasteiger partial charge in [-0.3, -0.25) is 0 Å². The maximum absolute atomic E-state index is 8.35. The van der Waals surface area contributed by atoms with Crippen molar-refractivity contribution in [1.29, 1.82) is 0 Å². The third kappa shape index (κ3) is 2.57. The van der Waals surface area contributed by atoms with Crippen LogP contribution in [0.3, 0.4) is 0 Å². The van der Waals surface area contributed by atoms with Gasteiger partial charge in [-0.25, -0.2) is 0 Å². The van der Waals surface area contributed by atoms with E-state index >= 15 is 0 Å². The summed E-state index contributed by atoms with van der Waals surface area (Å²) >= 11 is 0. The van der Waals surface area contributed by atoms with Gasteiger partial charge in [0, 0.05) is 17.8 Å². The van der Waals surface area contributed by atoms with Gasteiger partial charge in [0.15, 0.2) is 4.91 Å². The van der Waals surface area contributed by atoms with E-state index < -0.39 is 0 Å². The van der Waals surface area contributed by atoms with Crippen molar-refractivity contribution < 1.29 is 5.11 Å². The fraction of sp³-hybridized carbons (Fsp3) is 0.600. The van der Waals surface area contributed by atoms with Gasteiger partial charge in [-0.2, -0.15) is 0 Å². The van der Waals surface area contributed by atoms with Gasteiger partial charge in [-0.05, 0) is 0 Å². The van der Waals surface area contributed by atoms with Crippen molar-refractivity contribution in [2.24, 2.45) is 0 Å². The highest BCUT2D eigenvalue weighted by Gasteiger charge is 2.03. The van der Waals surface area contributed by atoms with E-state index in [1.807, 2.05) is 6.92 Å². The molecule has 0 aromatic rings. The Hall–Kier alpha value is -0.110. The zero-order valence-electron chi connectivity index (χ0n) is 4.93. The summed E-state index contributed by atoms with van der Waals surface area (Å²) in [6.07, 6.45) is 5.31. The molecule has 0 saturated heterocycles. The molecule has 0 aromatic heterocycles. The van der Waals surface area contributed by atoms with E-state index in [1.54, 1.807) is 0 Å². The molecular formula is C5H11OS+. The summed E-state index contributed by atoms with van der Waals surface area (Å²) < 4.78 is 0. The molecule has 0 atom stereocenters. The van der Waals surface area contributed by atoms with Crippen LogP contribution in [-0.4, -0.2) is 17.6 Å². The molecule has 1 nitrogen and oxygen atoms in total. The predicted molar refractivity (Wildman–Crippen MR) is 35.6 cm³/mol. The molecule has 0 aliphatic carbocycles. The first-order chi connectivity index (χ1) is 3.18. The molecule has 1 N–H and O–H groups in total. The van der Waals surface area contributed by atoms with Gasteiger partial charge in [0.25, 0.3) is 0 Å². The zero-order valence-corrected chi connectivity index (χ0v) is 5.75. The lowest BCUT2D eigenvalue weighted by Gasteiger charge is -1.88. The first-order valence-corrected chi connectivity index (χ1v) is 4.11. The summed E-state index contributed by atoms with van der Waals surface area (Å²) in [5.41, 5.74) is 0. The Labute approximate surface area is 47.4 Å². The lowest BCUT2D eigenvalue weighted by atomic mass is 10.7. The molecule has 0 aliphatic rings. The second kappa shape index (κ2) is 2.97. The molecular weight excluding hydrogens is 108 g/mol. The smallest absolute Gasteiger partial charge is 0.162 e. The van der Waals surface area contributed by atoms with Crippen molar-refractivity contribution in [2.75, 3.05) is 12.5 Å². The largest absolute Gasteiger partial charge is 0.511 e. The minimum Gasteiger partial charge on any atom is -0.511 e. The Morgan fingerprint density at radius 1 is 1.57 bits per heavy atom. The first kappa shape index (κ1) is 6.89. The molecule has 0 amide bonds. The second-order valence-corrected chi connectivity index (χ2v) is 3.83. The Morgan fingerprint density at radius 2 is 2.00 bits per heavy atom. The molecule has 42 valence electrons. The van der Waals surface area contributed by atoms with E-state index in [9.17, 15) is 0 Å². The lowest BCUT2D eigenvalue weighted by Crippen LogP contribution is -1.94. The van der Waals surface area contributed by atoms with Crippen molar-refractivity contribution in [3.63, 3.8) is 0 Å². The maximum Gasteiger partial charge on any atom is 0.162 e. The van der Waals surface area contributed by atoms with Crippen LogP contribution >= 0.6 is 0 Å². The van der Waals surface area contributed by atoms with Crippen molar-refractivity contribution in [1.82, 2.24) is 0 Å². The average molecular weight is 119 g/mol. The average Bonchev–Trinajstić information content (AvgIpc) is 1.65. The highest BCUT2D eigenvalue weighted by Crippen LogP contribution is 1.99. The van der Waals surface area contributed by atoms with Crippen LogP contribution in [0.5, 0.6) is 0 Å². The molecule has 0 unspecified atom stereocenters. The van der Waals surface area contributed by atoms with Gasteiger partial charge in [0.05, 0.1) is 0 Å². The summed E-state index contributed by atoms with van der Waals surface area (Å²) in [5.74, 6) is 0. The summed E-state index contributed by atoms with van der Waals surface area (Å²) in [6.45, 7) is 1.92. The van der Waals surface area contributed by atoms with Crippen molar-refractivity contribution >= 4 is 10.9 Å². The van der Waals surface area contributed by atoms with Crippen LogP contribution in [0.15, 0.2) is 11.2 Å². The lowest BCUT2D eigenvalue weighted by molar-refractivity contribution is 0.471. The molecule has 2 heteroatoms. The molecule has 0 bridgehead atoms. The molecule has 0 rings (SSSR count). The number of rotatable bonds is 1. The van der Waals surface area contributed by atoms with E-state index in [2.05, 4.69) is 12.5 Å². The predicted octanol–water partition coefficient (Wildman–Crippen LogP) is 1.28. The van der Waals surface area contributed by atoms with Crippen LogP contribution in [0, 0.1) is 0 Å². The number of allylic oxidation sites excluding steroid dienone is 1. The standard InChI is InChI=1S/C5H10OS/c1-5(4-6)7(2)3/h4H,1-3H3/p+1/b5-4+. The minimum atomic E-state index is 0.251. The van der Waals surface area contributed by atoms with Crippen LogP contribution in [0.2, 0.25) is 0 Å². The monoisotopic (exact) mass is 119 g/mol. The van der Waals surface area contributed by atoms with E-state index in [1.165, 1.54) is 6.26 Å². The molecule has 0 saturated carbocycles. The molecule has 0 spiro atoms. The fourth-order valence-electron chi connectivity index (χ4n) is 0.105. The van der Waals surface area contributed by atoms with E-state index in [4.69, 9.17) is 5.11 Å². The number of aliphatic hydroxyl groups excluding tert-OH is 1. The molecule has 0 fully saturated rings. The molecule has 0 radical (unpaired) electrons. The van der Waals surface area contributed by atoms with Gasteiger partial charge in [0.2, 0.25) is 0 Å². The molecule has 0 heterocycles. The second-order valence-electron chi connectivity index (χ2n) is 1.56. The minimum absolute atomic E-state index is 0.251. The van der Waals surface area contributed by atoms with Crippen LogP contribution in [0.1, 0.15) is 6.92 Å². The Morgan fingerprint density at radius 3 is 2.00 bits per heavy atom. The first-order valence-electron chi connectivity index (χ1n) is 2.07. The van der Waals surface area contributed by atoms with E-state index in [-0.39, 0.29) is 10.9 Å². The van der Waals surface area contributed by atoms with E-state index in [0.717, 1.165) is 4.91 Å². The van der Waals surface area contributed by atoms with Crippen LogP contribution in [0.4, 0.5) is 0 Å². The quantitative estimate of drug-likeness (QED) is 0.407. The SMILES string of the molecule is C/C(=C\O)[S+](C)C.